The second-order valence-electron chi connectivity index (χ2n) is 4.97. The van der Waals surface area contributed by atoms with Gasteiger partial charge in [-0.3, -0.25) is 14.9 Å². The van der Waals surface area contributed by atoms with Crippen LogP contribution in [0.15, 0.2) is 11.6 Å². The summed E-state index contributed by atoms with van der Waals surface area (Å²) in [5, 5.41) is 20.8. The van der Waals surface area contributed by atoms with E-state index in [9.17, 15) is 20.0 Å². The lowest BCUT2D eigenvalue weighted by atomic mass is 9.67. The van der Waals surface area contributed by atoms with Crippen LogP contribution in [0.2, 0.25) is 0 Å². The van der Waals surface area contributed by atoms with Crippen molar-refractivity contribution < 1.29 is 14.8 Å². The Kier molecular flexibility index (Phi) is 2.38. The Morgan fingerprint density at radius 3 is 2.81 bits per heavy atom. The van der Waals surface area contributed by atoms with Gasteiger partial charge in [0.15, 0.2) is 0 Å². The first-order valence-corrected chi connectivity index (χ1v) is 5.45. The first-order valence-electron chi connectivity index (χ1n) is 5.45. The van der Waals surface area contributed by atoms with Crippen LogP contribution >= 0.6 is 0 Å². The Bertz CT molecular complexity index is 389. The number of Topliss-reactive ketones (excluding diaryl/α,β-unsaturated/α-hetero) is 1. The lowest BCUT2D eigenvalue weighted by Crippen LogP contribution is -2.46. The maximum Gasteiger partial charge on any atom is 0.225 e. The van der Waals surface area contributed by atoms with Gasteiger partial charge in [-0.05, 0) is 37.8 Å². The van der Waals surface area contributed by atoms with Crippen molar-refractivity contribution >= 4 is 5.78 Å². The van der Waals surface area contributed by atoms with Crippen molar-refractivity contribution in [3.8, 4) is 0 Å². The molecule has 1 N–H and O–H groups in total. The van der Waals surface area contributed by atoms with Crippen molar-refractivity contribution in [3.05, 3.63) is 21.8 Å². The minimum atomic E-state index is -1.16. The van der Waals surface area contributed by atoms with E-state index in [0.717, 1.165) is 0 Å². The molecule has 0 radical (unpaired) electrons. The Balaban J connectivity index is 2.31. The molecule has 0 aromatic heterocycles. The summed E-state index contributed by atoms with van der Waals surface area (Å²) in [4.78, 5) is 21.8. The maximum atomic E-state index is 11.7. The molecule has 0 heterocycles. The monoisotopic (exact) mass is 225 g/mol. The zero-order valence-electron chi connectivity index (χ0n) is 9.23. The number of aliphatic hydroxyl groups is 1. The number of hydrogen-bond donors (Lipinski definition) is 1. The normalized spacial score (nSPS) is 38.1. The smallest absolute Gasteiger partial charge is 0.225 e. The van der Waals surface area contributed by atoms with E-state index in [1.807, 2.05) is 0 Å². The van der Waals surface area contributed by atoms with Gasteiger partial charge in [0.05, 0.1) is 11.0 Å². The summed E-state index contributed by atoms with van der Waals surface area (Å²) in [5.74, 6) is 0.0754. The summed E-state index contributed by atoms with van der Waals surface area (Å²) in [5.41, 5.74) is -1.25. The average Bonchev–Trinajstić information content (AvgIpc) is 2.40. The van der Waals surface area contributed by atoms with Gasteiger partial charge in [0.2, 0.25) is 6.54 Å². The van der Waals surface area contributed by atoms with E-state index in [1.165, 1.54) is 0 Å². The molecular formula is C11H15NO4. The van der Waals surface area contributed by atoms with Crippen molar-refractivity contribution in [2.45, 2.75) is 38.2 Å². The number of carbonyl (C=O) groups is 1. The predicted octanol–water partition coefficient (Wildman–Crippen LogP) is 1.08. The van der Waals surface area contributed by atoms with Crippen LogP contribution in [0.25, 0.3) is 0 Å². The number of rotatable bonds is 2. The molecule has 1 fully saturated rings. The lowest BCUT2D eigenvalue weighted by molar-refractivity contribution is -0.471. The fraction of sp³-hybridized carbons (Fsp3) is 0.727. The quantitative estimate of drug-likeness (QED) is 0.433. The highest BCUT2D eigenvalue weighted by Crippen LogP contribution is 2.51. The van der Waals surface area contributed by atoms with Crippen LogP contribution in [0, 0.1) is 15.5 Å². The predicted molar refractivity (Wildman–Crippen MR) is 56.5 cm³/mol. The topological polar surface area (TPSA) is 80.4 Å². The van der Waals surface area contributed by atoms with E-state index in [4.69, 9.17) is 0 Å². The summed E-state index contributed by atoms with van der Waals surface area (Å²) >= 11 is 0. The van der Waals surface area contributed by atoms with Crippen LogP contribution in [0.3, 0.4) is 0 Å². The van der Waals surface area contributed by atoms with Gasteiger partial charge in [-0.25, -0.2) is 0 Å². The first kappa shape index (κ1) is 11.3. The second kappa shape index (κ2) is 3.38. The highest BCUT2D eigenvalue weighted by Gasteiger charge is 2.56. The molecule has 0 saturated heterocycles. The molecule has 0 aliphatic heterocycles. The first-order chi connectivity index (χ1) is 7.37. The van der Waals surface area contributed by atoms with Crippen molar-refractivity contribution in [2.24, 2.45) is 5.41 Å². The molecule has 0 aromatic carbocycles. The highest BCUT2D eigenvalue weighted by molar-refractivity contribution is 5.89. The average molecular weight is 225 g/mol. The van der Waals surface area contributed by atoms with Crippen molar-refractivity contribution in [3.63, 3.8) is 0 Å². The van der Waals surface area contributed by atoms with E-state index in [0.29, 0.717) is 31.3 Å². The van der Waals surface area contributed by atoms with E-state index < -0.39 is 15.9 Å². The van der Waals surface area contributed by atoms with Gasteiger partial charge < -0.3 is 5.11 Å². The summed E-state index contributed by atoms with van der Waals surface area (Å²) < 4.78 is 0. The molecule has 0 amide bonds. The fourth-order valence-corrected chi connectivity index (χ4v) is 2.80. The van der Waals surface area contributed by atoms with E-state index in [-0.39, 0.29) is 12.3 Å². The zero-order chi connectivity index (χ0) is 12.0. The van der Waals surface area contributed by atoms with Crippen molar-refractivity contribution in [1.82, 2.24) is 0 Å². The van der Waals surface area contributed by atoms with E-state index in [1.54, 1.807) is 13.0 Å². The molecule has 5 nitrogen and oxygen atoms in total. The largest absolute Gasteiger partial charge is 0.385 e. The second-order valence-corrected chi connectivity index (χ2v) is 4.97. The molecule has 88 valence electrons. The standard InChI is InChI=1S/C11H15NO4/c1-10-4-2-8(7-12(15)16)6-11(10,14)5-3-9(10)13/h6,14H,2-5,7H2,1H3/t10-,11+/m1/s1. The van der Waals surface area contributed by atoms with Crippen LogP contribution in [-0.2, 0) is 4.79 Å². The van der Waals surface area contributed by atoms with Gasteiger partial charge in [-0.1, -0.05) is 0 Å². The maximum absolute atomic E-state index is 11.7. The van der Waals surface area contributed by atoms with E-state index >= 15 is 0 Å². The number of fused-ring (bicyclic) bond motifs is 1. The Morgan fingerprint density at radius 1 is 1.50 bits per heavy atom. The van der Waals surface area contributed by atoms with Crippen LogP contribution in [0.4, 0.5) is 0 Å². The number of ketones is 1. The summed E-state index contributed by atoms with van der Waals surface area (Å²) in [6.07, 6.45) is 3.37. The molecule has 0 spiro atoms. The Labute approximate surface area is 93.3 Å². The number of nitrogens with zero attached hydrogens (tertiary/aromatic N) is 1. The Morgan fingerprint density at radius 2 is 2.19 bits per heavy atom. The highest BCUT2D eigenvalue weighted by atomic mass is 16.6. The molecule has 2 rings (SSSR count). The van der Waals surface area contributed by atoms with Crippen molar-refractivity contribution in [1.29, 1.82) is 0 Å². The minimum absolute atomic E-state index is 0.0754. The molecular weight excluding hydrogens is 210 g/mol. The van der Waals surface area contributed by atoms with Crippen molar-refractivity contribution in [2.75, 3.05) is 6.54 Å². The molecule has 2 aliphatic carbocycles. The van der Waals surface area contributed by atoms with Gasteiger partial charge >= 0.3 is 0 Å². The SMILES string of the molecule is C[C@]12CCC(C[N+](=O)[O-])=C[C@@]1(O)CCC2=O. The van der Waals surface area contributed by atoms with Gasteiger partial charge in [0, 0.05) is 11.3 Å². The van der Waals surface area contributed by atoms with E-state index in [2.05, 4.69) is 0 Å². The number of carbonyl (C=O) groups excluding carboxylic acids is 1. The number of nitro groups is 1. The third-order valence-corrected chi connectivity index (χ3v) is 4.03. The number of hydrogen-bond acceptors (Lipinski definition) is 4. The minimum Gasteiger partial charge on any atom is -0.385 e. The summed E-state index contributed by atoms with van der Waals surface area (Å²) in [6, 6.07) is 0. The third kappa shape index (κ3) is 1.46. The summed E-state index contributed by atoms with van der Waals surface area (Å²) in [6.45, 7) is 1.54. The molecule has 2 atom stereocenters. The molecule has 2 aliphatic rings. The Hall–Kier alpha value is -1.23. The van der Waals surface area contributed by atoms with Gasteiger partial charge in [0.25, 0.3) is 0 Å². The molecule has 0 unspecified atom stereocenters. The molecule has 16 heavy (non-hydrogen) atoms. The zero-order valence-corrected chi connectivity index (χ0v) is 9.23. The molecule has 5 heteroatoms. The van der Waals surface area contributed by atoms with Gasteiger partial charge in [-0.15, -0.1) is 0 Å². The lowest BCUT2D eigenvalue weighted by Gasteiger charge is -2.39. The van der Waals surface area contributed by atoms with Gasteiger partial charge in [-0.2, -0.15) is 0 Å². The van der Waals surface area contributed by atoms with Crippen LogP contribution < -0.4 is 0 Å². The summed E-state index contributed by atoms with van der Waals surface area (Å²) in [7, 11) is 0. The van der Waals surface area contributed by atoms with Crippen LogP contribution in [0.5, 0.6) is 0 Å². The fourth-order valence-electron chi connectivity index (χ4n) is 2.80. The molecule has 0 bridgehead atoms. The van der Waals surface area contributed by atoms with Crippen LogP contribution in [0.1, 0.15) is 32.6 Å². The van der Waals surface area contributed by atoms with Crippen LogP contribution in [-0.4, -0.2) is 28.0 Å². The third-order valence-electron chi connectivity index (χ3n) is 4.03. The van der Waals surface area contributed by atoms with Gasteiger partial charge in [0.1, 0.15) is 5.78 Å². The molecule has 0 aromatic rings. The molecule has 1 saturated carbocycles.